The monoisotopic (exact) mass is 297 g/mol. The Kier molecular flexibility index (Phi) is 7.59. The van der Waals surface area contributed by atoms with Gasteiger partial charge in [-0.05, 0) is 51.3 Å². The van der Waals surface area contributed by atoms with Gasteiger partial charge in [0.2, 0.25) is 5.91 Å². The summed E-state index contributed by atoms with van der Waals surface area (Å²) in [7, 11) is 5.73. The van der Waals surface area contributed by atoms with Crippen molar-refractivity contribution in [2.75, 3.05) is 40.8 Å². The van der Waals surface area contributed by atoms with Crippen molar-refractivity contribution in [3.8, 4) is 0 Å². The summed E-state index contributed by atoms with van der Waals surface area (Å²) in [5, 5.41) is 3.80. The molecule has 1 amide bonds. The van der Waals surface area contributed by atoms with Crippen LogP contribution in [0.5, 0.6) is 0 Å². The molecule has 1 aromatic rings. The quantitative estimate of drug-likeness (QED) is 0.744. The molecule has 0 fully saturated rings. The summed E-state index contributed by atoms with van der Waals surface area (Å²) in [5.74, 6) is 0.122. The molecule has 0 aromatic heterocycles. The lowest BCUT2D eigenvalue weighted by Gasteiger charge is -2.22. The second kappa shape index (κ2) is 8.95. The van der Waals surface area contributed by atoms with Gasteiger partial charge in [-0.1, -0.05) is 23.7 Å². The van der Waals surface area contributed by atoms with E-state index in [1.165, 1.54) is 0 Å². The van der Waals surface area contributed by atoms with Gasteiger partial charge in [0, 0.05) is 18.6 Å². The molecule has 0 saturated heterocycles. The number of hydrogen-bond acceptors (Lipinski definition) is 3. The highest BCUT2D eigenvalue weighted by Gasteiger charge is 2.12. The number of amides is 1. The minimum absolute atomic E-state index is 0.122. The fourth-order valence-corrected chi connectivity index (χ4v) is 2.17. The highest BCUT2D eigenvalue weighted by Crippen LogP contribution is 2.12. The summed E-state index contributed by atoms with van der Waals surface area (Å²) >= 11 is 5.95. The maximum atomic E-state index is 12.1. The van der Waals surface area contributed by atoms with Gasteiger partial charge >= 0.3 is 0 Å². The van der Waals surface area contributed by atoms with Crippen LogP contribution in [0.4, 0.5) is 0 Å². The number of halogens is 1. The van der Waals surface area contributed by atoms with Gasteiger partial charge in [0.1, 0.15) is 0 Å². The Morgan fingerprint density at radius 1 is 1.35 bits per heavy atom. The van der Waals surface area contributed by atoms with E-state index in [4.69, 9.17) is 11.6 Å². The highest BCUT2D eigenvalue weighted by molar-refractivity contribution is 6.30. The Labute approximate surface area is 126 Å². The van der Waals surface area contributed by atoms with E-state index >= 15 is 0 Å². The minimum Gasteiger partial charge on any atom is -0.340 e. The van der Waals surface area contributed by atoms with Crippen molar-refractivity contribution in [1.29, 1.82) is 0 Å². The lowest BCUT2D eigenvalue weighted by Crippen LogP contribution is -2.37. The van der Waals surface area contributed by atoms with E-state index in [1.807, 2.05) is 50.3 Å². The third kappa shape index (κ3) is 6.37. The van der Waals surface area contributed by atoms with E-state index in [-0.39, 0.29) is 5.91 Å². The van der Waals surface area contributed by atoms with E-state index < -0.39 is 0 Å². The van der Waals surface area contributed by atoms with Gasteiger partial charge in [-0.3, -0.25) is 9.69 Å². The first-order valence-corrected chi connectivity index (χ1v) is 7.22. The Bertz CT molecular complexity index is 425. The molecule has 5 heteroatoms. The van der Waals surface area contributed by atoms with E-state index in [1.54, 1.807) is 4.90 Å². The van der Waals surface area contributed by atoms with Crippen molar-refractivity contribution >= 4 is 17.5 Å². The molecule has 0 heterocycles. The first-order chi connectivity index (χ1) is 9.52. The van der Waals surface area contributed by atoms with E-state index in [2.05, 4.69) is 5.32 Å². The summed E-state index contributed by atoms with van der Waals surface area (Å²) < 4.78 is 0. The zero-order chi connectivity index (χ0) is 15.0. The average molecular weight is 298 g/mol. The van der Waals surface area contributed by atoms with Crippen molar-refractivity contribution in [3.05, 3.63) is 34.9 Å². The molecule has 0 atom stereocenters. The maximum Gasteiger partial charge on any atom is 0.236 e. The molecule has 1 aromatic carbocycles. The first-order valence-electron chi connectivity index (χ1n) is 6.84. The van der Waals surface area contributed by atoms with Gasteiger partial charge in [0.25, 0.3) is 0 Å². The van der Waals surface area contributed by atoms with Crippen molar-refractivity contribution in [2.45, 2.75) is 13.0 Å². The summed E-state index contributed by atoms with van der Waals surface area (Å²) in [5.41, 5.74) is 1.05. The molecule has 0 aliphatic heterocycles. The number of nitrogens with one attached hydrogen (secondary N) is 1. The summed E-state index contributed by atoms with van der Waals surface area (Å²) in [6.07, 6.45) is 1.04. The van der Waals surface area contributed by atoms with Crippen LogP contribution in [0.15, 0.2) is 24.3 Å². The topological polar surface area (TPSA) is 35.6 Å². The number of carbonyl (C=O) groups excluding carboxylic acids is 1. The molecule has 4 nitrogen and oxygen atoms in total. The third-order valence-corrected chi connectivity index (χ3v) is 3.34. The Morgan fingerprint density at radius 3 is 2.75 bits per heavy atom. The van der Waals surface area contributed by atoms with Crippen molar-refractivity contribution in [1.82, 2.24) is 15.1 Å². The largest absolute Gasteiger partial charge is 0.340 e. The molecule has 1 rings (SSSR count). The lowest BCUT2D eigenvalue weighted by molar-refractivity contribution is -0.131. The van der Waals surface area contributed by atoms with Crippen LogP contribution in [0.1, 0.15) is 12.0 Å². The normalized spacial score (nSPS) is 10.8. The second-order valence-corrected chi connectivity index (χ2v) is 5.51. The smallest absolute Gasteiger partial charge is 0.236 e. The Morgan fingerprint density at radius 2 is 2.10 bits per heavy atom. The predicted molar refractivity (Wildman–Crippen MR) is 84.0 cm³/mol. The standard InChI is InChI=1S/C15H24ClN3O/c1-17-8-5-9-18(2)12-15(20)19(3)11-13-6-4-7-14(16)10-13/h4,6-7,10,17H,5,8-9,11-12H2,1-3H3. The maximum absolute atomic E-state index is 12.1. The number of rotatable bonds is 8. The summed E-state index contributed by atoms with van der Waals surface area (Å²) in [4.78, 5) is 15.9. The molecule has 20 heavy (non-hydrogen) atoms. The van der Waals surface area contributed by atoms with Gasteiger partial charge in [0.15, 0.2) is 0 Å². The van der Waals surface area contributed by atoms with Crippen LogP contribution >= 0.6 is 11.6 Å². The van der Waals surface area contributed by atoms with Crippen LogP contribution in [-0.2, 0) is 11.3 Å². The number of nitrogens with zero attached hydrogens (tertiary/aromatic N) is 2. The van der Waals surface area contributed by atoms with Crippen molar-refractivity contribution in [2.24, 2.45) is 0 Å². The van der Waals surface area contributed by atoms with Gasteiger partial charge in [-0.2, -0.15) is 0 Å². The zero-order valence-electron chi connectivity index (χ0n) is 12.5. The fourth-order valence-electron chi connectivity index (χ4n) is 1.95. The molecule has 0 radical (unpaired) electrons. The van der Waals surface area contributed by atoms with Gasteiger partial charge < -0.3 is 10.2 Å². The molecule has 112 valence electrons. The third-order valence-electron chi connectivity index (χ3n) is 3.11. The molecule has 0 bridgehead atoms. The van der Waals surface area contributed by atoms with Crippen LogP contribution in [-0.4, -0.2) is 56.5 Å². The van der Waals surface area contributed by atoms with E-state index in [0.29, 0.717) is 18.1 Å². The van der Waals surface area contributed by atoms with Crippen LogP contribution in [0.2, 0.25) is 5.02 Å². The average Bonchev–Trinajstić information content (AvgIpc) is 2.38. The molecule has 1 N–H and O–H groups in total. The second-order valence-electron chi connectivity index (χ2n) is 5.07. The van der Waals surface area contributed by atoms with Crippen LogP contribution in [0.3, 0.4) is 0 Å². The number of benzene rings is 1. The van der Waals surface area contributed by atoms with Crippen molar-refractivity contribution in [3.63, 3.8) is 0 Å². The molecule has 0 saturated carbocycles. The summed E-state index contributed by atoms with van der Waals surface area (Å²) in [6, 6.07) is 7.61. The Balaban J connectivity index is 2.39. The summed E-state index contributed by atoms with van der Waals surface area (Å²) in [6.45, 7) is 2.92. The number of carbonyl (C=O) groups is 1. The van der Waals surface area contributed by atoms with Crippen LogP contribution in [0.25, 0.3) is 0 Å². The molecule has 0 aliphatic rings. The number of hydrogen-bond donors (Lipinski definition) is 1. The van der Waals surface area contributed by atoms with E-state index in [0.717, 1.165) is 25.1 Å². The molecule has 0 spiro atoms. The van der Waals surface area contributed by atoms with Crippen LogP contribution in [0, 0.1) is 0 Å². The highest BCUT2D eigenvalue weighted by atomic mass is 35.5. The lowest BCUT2D eigenvalue weighted by atomic mass is 10.2. The predicted octanol–water partition coefficient (Wildman–Crippen LogP) is 1.84. The molecule has 0 aliphatic carbocycles. The minimum atomic E-state index is 0.122. The fraction of sp³-hybridized carbons (Fsp3) is 0.533. The van der Waals surface area contributed by atoms with E-state index in [9.17, 15) is 4.79 Å². The first kappa shape index (κ1) is 17.0. The van der Waals surface area contributed by atoms with Gasteiger partial charge in [-0.15, -0.1) is 0 Å². The van der Waals surface area contributed by atoms with Gasteiger partial charge in [-0.25, -0.2) is 0 Å². The van der Waals surface area contributed by atoms with Gasteiger partial charge in [0.05, 0.1) is 6.54 Å². The molecular formula is C15H24ClN3O. The van der Waals surface area contributed by atoms with Crippen molar-refractivity contribution < 1.29 is 4.79 Å². The number of likely N-dealkylation sites (N-methyl/N-ethyl adjacent to an activating group) is 2. The SMILES string of the molecule is CNCCCN(C)CC(=O)N(C)Cc1cccc(Cl)c1. The molecule has 0 unspecified atom stereocenters. The Hall–Kier alpha value is -1.10. The molecular weight excluding hydrogens is 274 g/mol. The zero-order valence-corrected chi connectivity index (χ0v) is 13.3. The van der Waals surface area contributed by atoms with Crippen LogP contribution < -0.4 is 5.32 Å².